The fourth-order valence-corrected chi connectivity index (χ4v) is 3.45. The first-order chi connectivity index (χ1) is 12.3. The molecular formula is C19H29N5O. The summed E-state index contributed by atoms with van der Waals surface area (Å²) in [5.74, 6) is 0.637. The van der Waals surface area contributed by atoms with Crippen LogP contribution in [0.5, 0.6) is 0 Å². The number of nitrogens with one attached hydrogen (secondary N) is 1. The van der Waals surface area contributed by atoms with Crippen LogP contribution >= 0.6 is 0 Å². The maximum absolute atomic E-state index is 12.5. The van der Waals surface area contributed by atoms with E-state index in [1.54, 1.807) is 12.4 Å². The van der Waals surface area contributed by atoms with Gasteiger partial charge in [0.05, 0.1) is 5.56 Å². The minimum absolute atomic E-state index is 0.0367. The van der Waals surface area contributed by atoms with Gasteiger partial charge >= 0.3 is 0 Å². The third-order valence-corrected chi connectivity index (χ3v) is 5.12. The zero-order chi connectivity index (χ0) is 17.5. The molecule has 1 saturated heterocycles. The second-order valence-corrected chi connectivity index (χ2v) is 6.81. The van der Waals surface area contributed by atoms with Gasteiger partial charge in [-0.15, -0.1) is 0 Å². The number of nitrogens with zero attached hydrogens (tertiary/aromatic N) is 4. The summed E-state index contributed by atoms with van der Waals surface area (Å²) >= 11 is 0. The molecule has 1 aliphatic heterocycles. The number of carbonyl (C=O) groups is 1. The summed E-state index contributed by atoms with van der Waals surface area (Å²) < 4.78 is 0. The van der Waals surface area contributed by atoms with Crippen LogP contribution in [-0.2, 0) is 0 Å². The molecule has 2 aliphatic rings. The number of anilines is 1. The molecule has 3 rings (SSSR count). The van der Waals surface area contributed by atoms with Gasteiger partial charge in [0.2, 0.25) is 5.95 Å². The first-order valence-corrected chi connectivity index (χ1v) is 9.51. The largest absolute Gasteiger partial charge is 0.354 e. The molecular weight excluding hydrogens is 314 g/mol. The molecule has 0 radical (unpaired) electrons. The van der Waals surface area contributed by atoms with Crippen LogP contribution in [0.15, 0.2) is 24.0 Å². The molecule has 1 N–H and O–H groups in total. The van der Waals surface area contributed by atoms with Crippen molar-refractivity contribution in [2.75, 3.05) is 44.6 Å². The predicted octanol–water partition coefficient (Wildman–Crippen LogP) is 2.56. The summed E-state index contributed by atoms with van der Waals surface area (Å²) in [5.41, 5.74) is 2.11. The van der Waals surface area contributed by atoms with Gasteiger partial charge in [0.15, 0.2) is 0 Å². The van der Waals surface area contributed by atoms with Gasteiger partial charge in [-0.1, -0.05) is 18.6 Å². The number of piperazine rings is 1. The Labute approximate surface area is 150 Å². The lowest BCUT2D eigenvalue weighted by atomic mass is 9.97. The second kappa shape index (κ2) is 8.94. The van der Waals surface area contributed by atoms with Gasteiger partial charge in [-0.05, 0) is 38.6 Å². The Hall–Kier alpha value is -1.95. The van der Waals surface area contributed by atoms with Crippen LogP contribution in [0.3, 0.4) is 0 Å². The second-order valence-electron chi connectivity index (χ2n) is 6.81. The van der Waals surface area contributed by atoms with Crippen LogP contribution in [-0.4, -0.2) is 64.9 Å². The standard InChI is InChI=1S/C19H29N5O/c1-2-23-10-12-24(13-11-23)18(25)17-14-21-19(22-15-17)20-9-8-16-6-4-3-5-7-16/h6,14-15H,2-5,7-13H2,1H3,(H,20,21,22). The maximum Gasteiger partial charge on any atom is 0.257 e. The van der Waals surface area contributed by atoms with Crippen molar-refractivity contribution in [2.45, 2.75) is 39.0 Å². The Morgan fingerprint density at radius 1 is 1.16 bits per heavy atom. The lowest BCUT2D eigenvalue weighted by Crippen LogP contribution is -2.48. The summed E-state index contributed by atoms with van der Waals surface area (Å²) in [6, 6.07) is 0. The van der Waals surface area contributed by atoms with Crippen molar-refractivity contribution in [1.29, 1.82) is 0 Å². The van der Waals surface area contributed by atoms with Crippen molar-refractivity contribution in [3.63, 3.8) is 0 Å². The number of aromatic nitrogens is 2. The minimum Gasteiger partial charge on any atom is -0.354 e. The van der Waals surface area contributed by atoms with Crippen LogP contribution in [0.1, 0.15) is 49.4 Å². The van der Waals surface area contributed by atoms with E-state index in [-0.39, 0.29) is 5.91 Å². The highest BCUT2D eigenvalue weighted by Gasteiger charge is 2.21. The molecule has 1 amide bonds. The van der Waals surface area contributed by atoms with E-state index in [4.69, 9.17) is 0 Å². The third-order valence-electron chi connectivity index (χ3n) is 5.12. The number of carbonyl (C=O) groups excluding carboxylic acids is 1. The van der Waals surface area contributed by atoms with Gasteiger partial charge in [-0.2, -0.15) is 0 Å². The molecule has 1 aromatic rings. The summed E-state index contributed by atoms with van der Waals surface area (Å²) in [6.45, 7) is 7.49. The van der Waals surface area contributed by atoms with Gasteiger partial charge in [-0.3, -0.25) is 4.79 Å². The van der Waals surface area contributed by atoms with E-state index in [2.05, 4.69) is 33.2 Å². The van der Waals surface area contributed by atoms with Crippen LogP contribution in [0, 0.1) is 0 Å². The topological polar surface area (TPSA) is 61.4 Å². The number of likely N-dealkylation sites (N-methyl/N-ethyl adjacent to an activating group) is 1. The van der Waals surface area contributed by atoms with E-state index in [1.807, 2.05) is 4.90 Å². The zero-order valence-electron chi connectivity index (χ0n) is 15.2. The average Bonchev–Trinajstić information content (AvgIpc) is 2.69. The SMILES string of the molecule is CCN1CCN(C(=O)c2cnc(NCCC3=CCCCC3)nc2)CC1. The quantitative estimate of drug-likeness (QED) is 0.805. The Morgan fingerprint density at radius 2 is 1.92 bits per heavy atom. The van der Waals surface area contributed by atoms with Gasteiger partial charge in [-0.25, -0.2) is 9.97 Å². The Kier molecular flexibility index (Phi) is 6.39. The van der Waals surface area contributed by atoms with Crippen molar-refractivity contribution in [3.05, 3.63) is 29.6 Å². The van der Waals surface area contributed by atoms with E-state index in [9.17, 15) is 4.79 Å². The molecule has 0 bridgehead atoms. The monoisotopic (exact) mass is 343 g/mol. The first-order valence-electron chi connectivity index (χ1n) is 9.51. The van der Waals surface area contributed by atoms with Gasteiger partial charge in [0, 0.05) is 45.1 Å². The average molecular weight is 343 g/mol. The Balaban J connectivity index is 1.46. The number of rotatable bonds is 6. The van der Waals surface area contributed by atoms with E-state index >= 15 is 0 Å². The van der Waals surface area contributed by atoms with E-state index in [1.165, 1.54) is 31.3 Å². The van der Waals surface area contributed by atoms with Crippen molar-refractivity contribution in [1.82, 2.24) is 19.8 Å². The van der Waals surface area contributed by atoms with Crippen LogP contribution in [0.4, 0.5) is 5.95 Å². The smallest absolute Gasteiger partial charge is 0.257 e. The molecule has 1 aliphatic carbocycles. The zero-order valence-corrected chi connectivity index (χ0v) is 15.2. The summed E-state index contributed by atoms with van der Waals surface area (Å²) in [6.07, 6.45) is 11.8. The number of allylic oxidation sites excluding steroid dienone is 1. The fraction of sp³-hybridized carbons (Fsp3) is 0.632. The third kappa shape index (κ3) is 5.01. The van der Waals surface area contributed by atoms with E-state index in [0.29, 0.717) is 11.5 Å². The van der Waals surface area contributed by atoms with Gasteiger partial charge in [0.1, 0.15) is 0 Å². The molecule has 0 aromatic carbocycles. The van der Waals surface area contributed by atoms with Gasteiger partial charge in [0.25, 0.3) is 5.91 Å². The number of hydrogen-bond acceptors (Lipinski definition) is 5. The molecule has 0 spiro atoms. The lowest BCUT2D eigenvalue weighted by molar-refractivity contribution is 0.0642. The van der Waals surface area contributed by atoms with Crippen LogP contribution < -0.4 is 5.32 Å². The number of hydrogen-bond donors (Lipinski definition) is 1. The van der Waals surface area contributed by atoms with Crippen molar-refractivity contribution in [3.8, 4) is 0 Å². The van der Waals surface area contributed by atoms with Gasteiger partial charge < -0.3 is 15.1 Å². The summed E-state index contributed by atoms with van der Waals surface area (Å²) in [4.78, 5) is 25.4. The highest BCUT2D eigenvalue weighted by Crippen LogP contribution is 2.19. The normalized spacial score (nSPS) is 18.8. The lowest BCUT2D eigenvalue weighted by Gasteiger charge is -2.33. The molecule has 2 heterocycles. The van der Waals surface area contributed by atoms with E-state index in [0.717, 1.165) is 45.7 Å². The number of amides is 1. The van der Waals surface area contributed by atoms with Crippen LogP contribution in [0.25, 0.3) is 0 Å². The fourth-order valence-electron chi connectivity index (χ4n) is 3.45. The Bertz CT molecular complexity index is 590. The molecule has 0 saturated carbocycles. The molecule has 136 valence electrons. The first kappa shape index (κ1) is 17.9. The van der Waals surface area contributed by atoms with E-state index < -0.39 is 0 Å². The molecule has 6 nitrogen and oxygen atoms in total. The highest BCUT2D eigenvalue weighted by molar-refractivity contribution is 5.93. The summed E-state index contributed by atoms with van der Waals surface area (Å²) in [7, 11) is 0. The Morgan fingerprint density at radius 3 is 2.56 bits per heavy atom. The van der Waals surface area contributed by atoms with Crippen molar-refractivity contribution >= 4 is 11.9 Å². The molecule has 1 fully saturated rings. The molecule has 1 aromatic heterocycles. The predicted molar refractivity (Wildman–Crippen MR) is 99.7 cm³/mol. The summed E-state index contributed by atoms with van der Waals surface area (Å²) in [5, 5.41) is 3.26. The molecule has 25 heavy (non-hydrogen) atoms. The van der Waals surface area contributed by atoms with Crippen molar-refractivity contribution in [2.24, 2.45) is 0 Å². The maximum atomic E-state index is 12.5. The molecule has 0 unspecified atom stereocenters. The van der Waals surface area contributed by atoms with Crippen molar-refractivity contribution < 1.29 is 4.79 Å². The molecule has 0 atom stereocenters. The van der Waals surface area contributed by atoms with Crippen LogP contribution in [0.2, 0.25) is 0 Å². The molecule has 6 heteroatoms. The highest BCUT2D eigenvalue weighted by atomic mass is 16.2. The minimum atomic E-state index is 0.0367.